The van der Waals surface area contributed by atoms with Gasteiger partial charge in [0.05, 0.1) is 21.7 Å². The van der Waals surface area contributed by atoms with Crippen molar-refractivity contribution in [3.8, 4) is 6.07 Å². The quantitative estimate of drug-likeness (QED) is 0.307. The maximum absolute atomic E-state index is 13.6. The smallest absolute Gasteiger partial charge is 0.262 e. The van der Waals surface area contributed by atoms with E-state index in [0.717, 1.165) is 112 Å². The standard InChI is InChI=1S/C47H53ClN8O5/c1-46(2)29-55(36-8-5-33(27-49)39(48)26-36)30-47(46)15-19-53(20-16-47)34-6-3-32(4-7-34)43(59)54-23-21-51(22-24-54)28-31-13-17-52(18-14-31)35-9-10-37-38(25-35)45(61)56(44(37)60)40-11-12-41(57)50-42(40)58/h3-10,25-26,31,40H,11-24,28-30H2,1-2H3,(H,50,57,58). The van der Waals surface area contributed by atoms with Gasteiger partial charge in [-0.3, -0.25) is 39.1 Å². The molecule has 0 radical (unpaired) electrons. The van der Waals surface area contributed by atoms with Crippen molar-refractivity contribution in [3.05, 3.63) is 87.9 Å². The first-order chi connectivity index (χ1) is 29.3. The van der Waals surface area contributed by atoms with Gasteiger partial charge in [-0.1, -0.05) is 25.4 Å². The average Bonchev–Trinajstić information content (AvgIpc) is 3.67. The van der Waals surface area contributed by atoms with Crippen molar-refractivity contribution in [2.75, 3.05) is 86.7 Å². The summed E-state index contributed by atoms with van der Waals surface area (Å²) >= 11 is 6.40. The number of benzene rings is 3. The lowest BCUT2D eigenvalue weighted by molar-refractivity contribution is -0.136. The number of fused-ring (bicyclic) bond motifs is 1. The van der Waals surface area contributed by atoms with E-state index in [-0.39, 0.29) is 29.6 Å². The van der Waals surface area contributed by atoms with Crippen molar-refractivity contribution in [2.45, 2.75) is 58.4 Å². The van der Waals surface area contributed by atoms with Gasteiger partial charge in [-0.2, -0.15) is 5.26 Å². The molecule has 318 valence electrons. The number of rotatable bonds is 7. The molecule has 1 unspecified atom stereocenters. The number of anilines is 3. The molecule has 5 fully saturated rings. The summed E-state index contributed by atoms with van der Waals surface area (Å²) in [5.74, 6) is -1.36. The molecule has 14 heteroatoms. The van der Waals surface area contributed by atoms with Crippen LogP contribution in [0.3, 0.4) is 0 Å². The molecule has 0 aromatic heterocycles. The van der Waals surface area contributed by atoms with Gasteiger partial charge in [0.15, 0.2) is 0 Å². The number of carbonyl (C=O) groups excluding carboxylic acids is 5. The fourth-order valence-corrected chi connectivity index (χ4v) is 11.0. The number of nitriles is 1. The topological polar surface area (TPSA) is 141 Å². The number of imide groups is 2. The fourth-order valence-electron chi connectivity index (χ4n) is 10.8. The second kappa shape index (κ2) is 16.1. The molecule has 1 atom stereocenters. The third-order valence-corrected chi connectivity index (χ3v) is 15.0. The molecule has 9 rings (SSSR count). The van der Waals surface area contributed by atoms with Gasteiger partial charge in [0.2, 0.25) is 11.8 Å². The highest BCUT2D eigenvalue weighted by atomic mass is 35.5. The number of nitrogens with one attached hydrogen (secondary N) is 1. The van der Waals surface area contributed by atoms with E-state index in [1.165, 1.54) is 0 Å². The van der Waals surface area contributed by atoms with Gasteiger partial charge in [-0.25, -0.2) is 0 Å². The van der Waals surface area contributed by atoms with Crippen molar-refractivity contribution < 1.29 is 24.0 Å². The Morgan fingerprint density at radius 2 is 1.39 bits per heavy atom. The number of piperazine rings is 1. The number of amides is 5. The lowest BCUT2D eigenvalue weighted by atomic mass is 9.63. The van der Waals surface area contributed by atoms with E-state index in [2.05, 4.69) is 57.0 Å². The van der Waals surface area contributed by atoms with E-state index < -0.39 is 29.7 Å². The summed E-state index contributed by atoms with van der Waals surface area (Å²) < 4.78 is 0. The van der Waals surface area contributed by atoms with E-state index in [1.54, 1.807) is 12.1 Å². The third kappa shape index (κ3) is 7.63. The van der Waals surface area contributed by atoms with Gasteiger partial charge in [-0.15, -0.1) is 0 Å². The van der Waals surface area contributed by atoms with Crippen LogP contribution < -0.4 is 20.0 Å². The average molecular weight is 845 g/mol. The molecular weight excluding hydrogens is 792 g/mol. The van der Waals surface area contributed by atoms with Crippen LogP contribution in [0.1, 0.15) is 89.0 Å². The third-order valence-electron chi connectivity index (χ3n) is 14.7. The van der Waals surface area contributed by atoms with Gasteiger partial charge < -0.3 is 19.6 Å². The van der Waals surface area contributed by atoms with Crippen LogP contribution in [0.2, 0.25) is 5.02 Å². The van der Waals surface area contributed by atoms with Gasteiger partial charge >= 0.3 is 0 Å². The molecule has 61 heavy (non-hydrogen) atoms. The first-order valence-electron chi connectivity index (χ1n) is 21.7. The highest BCUT2D eigenvalue weighted by Crippen LogP contribution is 2.54. The van der Waals surface area contributed by atoms with Crippen molar-refractivity contribution in [3.63, 3.8) is 0 Å². The predicted molar refractivity (Wildman–Crippen MR) is 233 cm³/mol. The molecule has 0 saturated carbocycles. The Balaban J connectivity index is 0.725. The van der Waals surface area contributed by atoms with E-state index in [9.17, 15) is 29.2 Å². The maximum Gasteiger partial charge on any atom is 0.262 e. The second-order valence-electron chi connectivity index (χ2n) is 18.5. The molecule has 6 aliphatic heterocycles. The van der Waals surface area contributed by atoms with Crippen molar-refractivity contribution in [2.24, 2.45) is 16.7 Å². The van der Waals surface area contributed by atoms with Crippen LogP contribution in [-0.4, -0.2) is 122 Å². The zero-order valence-electron chi connectivity index (χ0n) is 35.0. The second-order valence-corrected chi connectivity index (χ2v) is 18.9. The van der Waals surface area contributed by atoms with Gasteiger partial charge in [0.25, 0.3) is 17.7 Å². The molecule has 1 N–H and O–H groups in total. The summed E-state index contributed by atoms with van der Waals surface area (Å²) in [6, 6.07) is 20.5. The number of carbonyl (C=O) groups is 5. The minimum absolute atomic E-state index is 0.0857. The molecule has 13 nitrogen and oxygen atoms in total. The maximum atomic E-state index is 13.6. The number of halogens is 1. The van der Waals surface area contributed by atoms with E-state index >= 15 is 0 Å². The van der Waals surface area contributed by atoms with Crippen LogP contribution in [0.5, 0.6) is 0 Å². The molecule has 0 aliphatic carbocycles. The molecular formula is C47H53ClN8O5. The Morgan fingerprint density at radius 3 is 2.07 bits per heavy atom. The van der Waals surface area contributed by atoms with Crippen molar-refractivity contribution in [1.82, 2.24) is 20.0 Å². The van der Waals surface area contributed by atoms with Gasteiger partial charge in [-0.05, 0) is 110 Å². The van der Waals surface area contributed by atoms with E-state index in [4.69, 9.17) is 11.6 Å². The SMILES string of the molecule is CC1(C)CN(c2ccc(C#N)c(Cl)c2)CC12CCN(c1ccc(C(=O)N3CCN(CC4CCN(c5ccc6c(c5)C(=O)N(C5CCC(=O)NC5=O)C6=O)CC4)CC3)cc1)CC2. The highest BCUT2D eigenvalue weighted by molar-refractivity contribution is 6.32. The minimum atomic E-state index is -0.974. The number of hydrogen-bond acceptors (Lipinski definition) is 10. The first kappa shape index (κ1) is 40.9. The Kier molecular flexibility index (Phi) is 10.8. The summed E-state index contributed by atoms with van der Waals surface area (Å²) in [6.07, 6.45) is 4.39. The Morgan fingerprint density at radius 1 is 0.754 bits per heavy atom. The predicted octanol–water partition coefficient (Wildman–Crippen LogP) is 5.42. The summed E-state index contributed by atoms with van der Waals surface area (Å²) in [5.41, 5.74) is 5.27. The summed E-state index contributed by atoms with van der Waals surface area (Å²) in [4.78, 5) is 76.8. The van der Waals surface area contributed by atoms with E-state index in [0.29, 0.717) is 40.7 Å². The Bertz CT molecular complexity index is 2300. The molecule has 3 aromatic carbocycles. The highest BCUT2D eigenvalue weighted by Gasteiger charge is 2.53. The number of hydrogen-bond donors (Lipinski definition) is 1. The van der Waals surface area contributed by atoms with Crippen LogP contribution in [0, 0.1) is 28.1 Å². The number of nitrogens with zero attached hydrogens (tertiary/aromatic N) is 7. The fraction of sp³-hybridized carbons (Fsp3) is 0.489. The van der Waals surface area contributed by atoms with Crippen LogP contribution in [-0.2, 0) is 9.59 Å². The molecule has 1 spiro atoms. The molecule has 0 bridgehead atoms. The molecule has 5 amide bonds. The van der Waals surface area contributed by atoms with Crippen molar-refractivity contribution >= 4 is 58.2 Å². The van der Waals surface area contributed by atoms with Crippen LogP contribution >= 0.6 is 11.6 Å². The normalized spacial score (nSPS) is 23.1. The molecule has 6 heterocycles. The molecule has 5 saturated heterocycles. The van der Waals surface area contributed by atoms with Gasteiger partial charge in [0, 0.05) is 101 Å². The zero-order chi connectivity index (χ0) is 42.6. The lowest BCUT2D eigenvalue weighted by Gasteiger charge is -2.47. The number of piperidine rings is 3. The Hall–Kier alpha value is -5.45. The van der Waals surface area contributed by atoms with Crippen LogP contribution in [0.4, 0.5) is 17.1 Å². The summed E-state index contributed by atoms with van der Waals surface area (Å²) in [5, 5.41) is 12.1. The zero-order valence-corrected chi connectivity index (χ0v) is 35.8. The Labute approximate surface area is 362 Å². The monoisotopic (exact) mass is 844 g/mol. The largest absolute Gasteiger partial charge is 0.371 e. The molecule has 6 aliphatic rings. The molecule has 3 aromatic rings. The first-order valence-corrected chi connectivity index (χ1v) is 22.1. The van der Waals surface area contributed by atoms with Crippen LogP contribution in [0.15, 0.2) is 60.7 Å². The van der Waals surface area contributed by atoms with E-state index in [1.807, 2.05) is 41.3 Å². The van der Waals surface area contributed by atoms with Crippen molar-refractivity contribution in [1.29, 1.82) is 5.26 Å². The minimum Gasteiger partial charge on any atom is -0.371 e. The summed E-state index contributed by atoms with van der Waals surface area (Å²) in [7, 11) is 0. The summed E-state index contributed by atoms with van der Waals surface area (Å²) in [6.45, 7) is 14.4. The lowest BCUT2D eigenvalue weighted by Crippen LogP contribution is -2.54. The van der Waals surface area contributed by atoms with Crippen LogP contribution in [0.25, 0.3) is 0 Å². The van der Waals surface area contributed by atoms with Gasteiger partial charge in [0.1, 0.15) is 12.1 Å².